The molecule has 0 saturated carbocycles. The summed E-state index contributed by atoms with van der Waals surface area (Å²) in [5.41, 5.74) is 0. The van der Waals surface area contributed by atoms with E-state index in [1.807, 2.05) is 11.8 Å². The molecule has 22 heavy (non-hydrogen) atoms. The van der Waals surface area contributed by atoms with Crippen LogP contribution in [0.25, 0.3) is 0 Å². The van der Waals surface area contributed by atoms with E-state index in [9.17, 15) is 9.59 Å². The number of aromatic nitrogens is 2. The molecule has 122 valence electrons. The first-order chi connectivity index (χ1) is 10.5. The zero-order valence-corrected chi connectivity index (χ0v) is 14.3. The van der Waals surface area contributed by atoms with E-state index in [0.29, 0.717) is 17.0 Å². The highest BCUT2D eigenvalue weighted by molar-refractivity contribution is 7.15. The molecule has 6 nitrogen and oxygen atoms in total. The number of anilines is 1. The minimum Gasteiger partial charge on any atom is -0.342 e. The Morgan fingerprint density at radius 3 is 2.50 bits per heavy atom. The predicted octanol–water partition coefficient (Wildman–Crippen LogP) is 2.32. The van der Waals surface area contributed by atoms with Crippen LogP contribution in [0.4, 0.5) is 5.13 Å². The van der Waals surface area contributed by atoms with E-state index >= 15 is 0 Å². The van der Waals surface area contributed by atoms with Gasteiger partial charge < -0.3 is 10.2 Å². The fourth-order valence-corrected chi connectivity index (χ4v) is 3.57. The third-order valence-electron chi connectivity index (χ3n) is 3.80. The lowest BCUT2D eigenvalue weighted by Crippen LogP contribution is -2.42. The van der Waals surface area contributed by atoms with Crippen molar-refractivity contribution in [3.8, 4) is 0 Å². The van der Waals surface area contributed by atoms with Gasteiger partial charge in [0, 0.05) is 25.9 Å². The van der Waals surface area contributed by atoms with Crippen molar-refractivity contribution < 1.29 is 9.59 Å². The molecule has 2 atom stereocenters. The summed E-state index contributed by atoms with van der Waals surface area (Å²) >= 11 is 1.37. The van der Waals surface area contributed by atoms with Crippen molar-refractivity contribution in [2.24, 2.45) is 11.8 Å². The number of hydrogen-bond donors (Lipinski definition) is 1. The maximum atomic E-state index is 12.2. The monoisotopic (exact) mass is 324 g/mol. The highest BCUT2D eigenvalue weighted by atomic mass is 32.1. The van der Waals surface area contributed by atoms with Crippen molar-refractivity contribution >= 4 is 28.3 Å². The van der Waals surface area contributed by atoms with Crippen molar-refractivity contribution in [3.05, 3.63) is 5.01 Å². The number of carbonyl (C=O) groups is 2. The molecule has 2 heterocycles. The highest BCUT2D eigenvalue weighted by Crippen LogP contribution is 2.22. The van der Waals surface area contributed by atoms with Gasteiger partial charge >= 0.3 is 0 Å². The Hall–Kier alpha value is -1.50. The van der Waals surface area contributed by atoms with Gasteiger partial charge in [-0.1, -0.05) is 32.1 Å². The summed E-state index contributed by atoms with van der Waals surface area (Å²) in [6.45, 7) is 7.94. The molecule has 1 aliphatic rings. The molecule has 0 aromatic carbocycles. The van der Waals surface area contributed by atoms with Crippen LogP contribution in [0, 0.1) is 11.8 Å². The quantitative estimate of drug-likeness (QED) is 0.902. The average Bonchev–Trinajstić information content (AvgIpc) is 2.91. The number of hydrogen-bond acceptors (Lipinski definition) is 5. The number of aryl methyl sites for hydroxylation is 1. The van der Waals surface area contributed by atoms with E-state index < -0.39 is 0 Å². The molecule has 0 bridgehead atoms. The Labute approximate surface area is 135 Å². The summed E-state index contributed by atoms with van der Waals surface area (Å²) in [6, 6.07) is 0. The van der Waals surface area contributed by atoms with Gasteiger partial charge in [-0.05, 0) is 24.7 Å². The molecule has 7 heteroatoms. The van der Waals surface area contributed by atoms with Crippen LogP contribution in [0.1, 0.15) is 45.0 Å². The fraction of sp³-hybridized carbons (Fsp3) is 0.733. The van der Waals surface area contributed by atoms with Crippen molar-refractivity contribution in [3.63, 3.8) is 0 Å². The van der Waals surface area contributed by atoms with Crippen LogP contribution in [-0.4, -0.2) is 40.0 Å². The van der Waals surface area contributed by atoms with Crippen LogP contribution in [0.2, 0.25) is 0 Å². The first kappa shape index (κ1) is 16.9. The normalized spacial score (nSPS) is 21.7. The predicted molar refractivity (Wildman–Crippen MR) is 86.7 cm³/mol. The Balaban J connectivity index is 1.76. The molecule has 1 fully saturated rings. The van der Waals surface area contributed by atoms with Crippen LogP contribution in [-0.2, 0) is 16.0 Å². The number of nitrogens with one attached hydrogen (secondary N) is 1. The summed E-state index contributed by atoms with van der Waals surface area (Å²) in [6.07, 6.45) is 2.42. The number of piperidine rings is 1. The molecule has 0 unspecified atom stereocenters. The average molecular weight is 324 g/mol. The molecule has 1 saturated heterocycles. The van der Waals surface area contributed by atoms with Crippen molar-refractivity contribution in [2.45, 2.75) is 46.5 Å². The number of likely N-dealkylation sites (tertiary alicyclic amines) is 1. The maximum absolute atomic E-state index is 12.2. The topological polar surface area (TPSA) is 75.2 Å². The zero-order valence-electron chi connectivity index (χ0n) is 13.5. The highest BCUT2D eigenvalue weighted by Gasteiger charge is 2.25. The van der Waals surface area contributed by atoms with Gasteiger partial charge in [0.15, 0.2) is 0 Å². The molecule has 0 radical (unpaired) electrons. The van der Waals surface area contributed by atoms with E-state index in [-0.39, 0.29) is 24.7 Å². The third-order valence-corrected chi connectivity index (χ3v) is 4.79. The van der Waals surface area contributed by atoms with Gasteiger partial charge in [0.1, 0.15) is 5.01 Å². The van der Waals surface area contributed by atoms with Crippen LogP contribution in [0.3, 0.4) is 0 Å². The van der Waals surface area contributed by atoms with Gasteiger partial charge in [0.05, 0.1) is 0 Å². The first-order valence-corrected chi connectivity index (χ1v) is 8.69. The lowest BCUT2D eigenvalue weighted by atomic mass is 9.91. The van der Waals surface area contributed by atoms with E-state index in [1.54, 1.807) is 0 Å². The SMILES string of the molecule is CCc1nnc(NC(=O)CCC(=O)N2C[C@H](C)C[C@@H](C)C2)s1. The largest absolute Gasteiger partial charge is 0.342 e. The molecule has 1 aromatic heterocycles. The van der Waals surface area contributed by atoms with Crippen molar-refractivity contribution in [2.75, 3.05) is 18.4 Å². The minimum absolute atomic E-state index is 0.0695. The van der Waals surface area contributed by atoms with Crippen molar-refractivity contribution in [1.82, 2.24) is 15.1 Å². The van der Waals surface area contributed by atoms with Gasteiger partial charge in [0.25, 0.3) is 0 Å². The Morgan fingerprint density at radius 2 is 1.91 bits per heavy atom. The van der Waals surface area contributed by atoms with E-state index in [4.69, 9.17) is 0 Å². The second-order valence-corrected chi connectivity index (χ2v) is 7.21. The molecule has 0 aliphatic carbocycles. The lowest BCUT2D eigenvalue weighted by molar-refractivity contribution is -0.135. The van der Waals surface area contributed by atoms with Gasteiger partial charge in [-0.25, -0.2) is 0 Å². The summed E-state index contributed by atoms with van der Waals surface area (Å²) in [5, 5.41) is 12.0. The second kappa shape index (κ2) is 7.67. The van der Waals surface area contributed by atoms with Crippen LogP contribution in [0.15, 0.2) is 0 Å². The molecule has 1 aromatic rings. The smallest absolute Gasteiger partial charge is 0.226 e. The van der Waals surface area contributed by atoms with E-state index in [1.165, 1.54) is 17.8 Å². The number of rotatable bonds is 5. The summed E-state index contributed by atoms with van der Waals surface area (Å²) in [4.78, 5) is 26.0. The Bertz CT molecular complexity index is 521. The van der Waals surface area contributed by atoms with Crippen molar-refractivity contribution in [1.29, 1.82) is 0 Å². The van der Waals surface area contributed by atoms with Gasteiger partial charge in [0.2, 0.25) is 16.9 Å². The van der Waals surface area contributed by atoms with Crippen LogP contribution < -0.4 is 5.32 Å². The van der Waals surface area contributed by atoms with Crippen LogP contribution in [0.5, 0.6) is 0 Å². The third kappa shape index (κ3) is 4.76. The zero-order chi connectivity index (χ0) is 16.1. The van der Waals surface area contributed by atoms with Crippen LogP contribution >= 0.6 is 11.3 Å². The van der Waals surface area contributed by atoms with E-state index in [2.05, 4.69) is 29.4 Å². The number of amides is 2. The lowest BCUT2D eigenvalue weighted by Gasteiger charge is -2.35. The van der Waals surface area contributed by atoms with E-state index in [0.717, 1.165) is 24.5 Å². The summed E-state index contributed by atoms with van der Waals surface area (Å²) in [5.74, 6) is 0.969. The standard InChI is InChI=1S/C15H24N4O2S/c1-4-13-17-18-15(22-13)16-12(20)5-6-14(21)19-8-10(2)7-11(3)9-19/h10-11H,4-9H2,1-3H3,(H,16,18,20)/t10-,11-/m1/s1. The molecule has 1 aliphatic heterocycles. The van der Waals surface area contributed by atoms with Gasteiger partial charge in [-0.15, -0.1) is 10.2 Å². The summed E-state index contributed by atoms with van der Waals surface area (Å²) in [7, 11) is 0. The molecule has 1 N–H and O–H groups in total. The molecule has 0 spiro atoms. The molecular weight excluding hydrogens is 300 g/mol. The number of nitrogens with zero attached hydrogens (tertiary/aromatic N) is 3. The minimum atomic E-state index is -0.176. The maximum Gasteiger partial charge on any atom is 0.226 e. The number of carbonyl (C=O) groups excluding carboxylic acids is 2. The fourth-order valence-electron chi connectivity index (χ4n) is 2.87. The summed E-state index contributed by atoms with van der Waals surface area (Å²) < 4.78 is 0. The van der Waals surface area contributed by atoms with Gasteiger partial charge in [-0.2, -0.15) is 0 Å². The molecule has 2 rings (SSSR count). The Kier molecular flexibility index (Phi) is 5.88. The first-order valence-electron chi connectivity index (χ1n) is 7.88. The Morgan fingerprint density at radius 1 is 1.23 bits per heavy atom. The van der Waals surface area contributed by atoms with Gasteiger partial charge in [-0.3, -0.25) is 9.59 Å². The molecular formula is C15H24N4O2S. The second-order valence-electron chi connectivity index (χ2n) is 6.15. The molecule has 2 amide bonds.